The van der Waals surface area contributed by atoms with Crippen LogP contribution in [0.4, 0.5) is 4.79 Å². The number of hydrogen-bond acceptors (Lipinski definition) is 3. The standard InChI is InChI=1S/C22H23ClN2O3/c1-21(2,3)22(9-10-25(22)20(26)27)15-28-19-12-17(13-24-14-19)8-7-16-5-4-6-18(23)11-16/h4-6,11-14H,9-10,15H2,1-3H3,(H,26,27). The summed E-state index contributed by atoms with van der Waals surface area (Å²) in [6.45, 7) is 6.92. The number of nitrogens with zero attached hydrogens (tertiary/aromatic N) is 2. The van der Waals surface area contributed by atoms with Gasteiger partial charge in [0.25, 0.3) is 0 Å². The topological polar surface area (TPSA) is 62.7 Å². The van der Waals surface area contributed by atoms with E-state index in [1.807, 2.05) is 39.0 Å². The monoisotopic (exact) mass is 398 g/mol. The van der Waals surface area contributed by atoms with E-state index in [2.05, 4.69) is 16.8 Å². The first-order valence-electron chi connectivity index (χ1n) is 9.07. The van der Waals surface area contributed by atoms with E-state index in [9.17, 15) is 9.90 Å². The molecule has 1 atom stereocenters. The third-order valence-corrected chi connectivity index (χ3v) is 5.49. The number of rotatable bonds is 3. The molecule has 5 nitrogen and oxygen atoms in total. The Labute approximate surface area is 170 Å². The lowest BCUT2D eigenvalue weighted by molar-refractivity contribution is -0.0962. The summed E-state index contributed by atoms with van der Waals surface area (Å²) in [5.41, 5.74) is 0.727. The van der Waals surface area contributed by atoms with Crippen molar-refractivity contribution in [2.75, 3.05) is 13.2 Å². The van der Waals surface area contributed by atoms with Crippen molar-refractivity contribution in [3.05, 3.63) is 58.9 Å². The molecule has 3 rings (SSSR count). The molecule has 0 aliphatic carbocycles. The molecule has 0 spiro atoms. The van der Waals surface area contributed by atoms with E-state index in [0.717, 1.165) is 12.0 Å². The van der Waals surface area contributed by atoms with Gasteiger partial charge in [0.1, 0.15) is 12.4 Å². The Hall–Kier alpha value is -2.71. The average molecular weight is 399 g/mol. The second kappa shape index (κ2) is 7.73. The molecule has 2 aromatic rings. The van der Waals surface area contributed by atoms with Crippen molar-refractivity contribution in [3.63, 3.8) is 0 Å². The molecule has 1 aromatic heterocycles. The summed E-state index contributed by atoms with van der Waals surface area (Å²) >= 11 is 5.98. The van der Waals surface area contributed by atoms with E-state index in [0.29, 0.717) is 22.9 Å². The number of benzene rings is 1. The van der Waals surface area contributed by atoms with Crippen LogP contribution in [0.3, 0.4) is 0 Å². The number of pyridine rings is 1. The molecule has 1 amide bonds. The lowest BCUT2D eigenvalue weighted by Gasteiger charge is -2.57. The van der Waals surface area contributed by atoms with Gasteiger partial charge in [-0.15, -0.1) is 0 Å². The molecular weight excluding hydrogens is 376 g/mol. The number of ether oxygens (including phenoxy) is 1. The SMILES string of the molecule is CC(C)(C)C1(COc2cncc(C#Cc3cccc(Cl)c3)c2)CCN1C(=O)O. The summed E-state index contributed by atoms with van der Waals surface area (Å²) in [4.78, 5) is 17.3. The quantitative estimate of drug-likeness (QED) is 0.762. The third-order valence-electron chi connectivity index (χ3n) is 5.26. The van der Waals surface area contributed by atoms with Gasteiger partial charge in [0.05, 0.1) is 11.7 Å². The molecule has 1 aromatic carbocycles. The fraction of sp³-hybridized carbons (Fsp3) is 0.364. The van der Waals surface area contributed by atoms with Crippen LogP contribution in [0.1, 0.15) is 38.3 Å². The van der Waals surface area contributed by atoms with E-state index in [1.165, 1.54) is 4.90 Å². The third kappa shape index (κ3) is 4.07. The highest BCUT2D eigenvalue weighted by molar-refractivity contribution is 6.30. The van der Waals surface area contributed by atoms with Gasteiger partial charge in [0.15, 0.2) is 0 Å². The Morgan fingerprint density at radius 3 is 2.64 bits per heavy atom. The normalized spacial score (nSPS) is 18.6. The second-order valence-electron chi connectivity index (χ2n) is 7.92. The minimum absolute atomic E-state index is 0.249. The molecule has 1 aliphatic rings. The number of carboxylic acid groups (broad SMARTS) is 1. The second-order valence-corrected chi connectivity index (χ2v) is 8.36. The number of aromatic nitrogens is 1. The minimum Gasteiger partial charge on any atom is -0.489 e. The van der Waals surface area contributed by atoms with E-state index in [1.54, 1.807) is 24.5 Å². The molecule has 6 heteroatoms. The van der Waals surface area contributed by atoms with E-state index in [4.69, 9.17) is 16.3 Å². The van der Waals surface area contributed by atoms with Crippen LogP contribution in [0.2, 0.25) is 5.02 Å². The molecule has 0 radical (unpaired) electrons. The van der Waals surface area contributed by atoms with Crippen LogP contribution in [0.5, 0.6) is 5.75 Å². The van der Waals surface area contributed by atoms with Crippen LogP contribution >= 0.6 is 11.6 Å². The number of halogens is 1. The Balaban J connectivity index is 1.75. The molecule has 1 saturated heterocycles. The summed E-state index contributed by atoms with van der Waals surface area (Å²) in [7, 11) is 0. The van der Waals surface area contributed by atoms with Gasteiger partial charge >= 0.3 is 6.09 Å². The first-order valence-corrected chi connectivity index (χ1v) is 9.45. The smallest absolute Gasteiger partial charge is 0.407 e. The maximum absolute atomic E-state index is 11.6. The van der Waals surface area contributed by atoms with Gasteiger partial charge in [-0.05, 0) is 36.1 Å². The van der Waals surface area contributed by atoms with Gasteiger partial charge in [-0.1, -0.05) is 50.3 Å². The first kappa shape index (κ1) is 20.0. The minimum atomic E-state index is -0.913. The van der Waals surface area contributed by atoms with Gasteiger partial charge in [-0.25, -0.2) is 4.79 Å². The Kier molecular flexibility index (Phi) is 5.53. The molecule has 28 heavy (non-hydrogen) atoms. The van der Waals surface area contributed by atoms with Crippen molar-refractivity contribution in [3.8, 4) is 17.6 Å². The van der Waals surface area contributed by atoms with Crippen LogP contribution in [0.15, 0.2) is 42.7 Å². The highest BCUT2D eigenvalue weighted by Gasteiger charge is 2.55. The van der Waals surface area contributed by atoms with Crippen LogP contribution in [-0.4, -0.2) is 39.8 Å². The fourth-order valence-electron chi connectivity index (χ4n) is 3.40. The van der Waals surface area contributed by atoms with Crippen molar-refractivity contribution in [1.29, 1.82) is 0 Å². The van der Waals surface area contributed by atoms with Crippen LogP contribution in [0, 0.1) is 17.3 Å². The van der Waals surface area contributed by atoms with Crippen LogP contribution < -0.4 is 4.74 Å². The largest absolute Gasteiger partial charge is 0.489 e. The molecular formula is C22H23ClN2O3. The van der Waals surface area contributed by atoms with Crippen molar-refractivity contribution in [2.45, 2.75) is 32.7 Å². The zero-order valence-corrected chi connectivity index (χ0v) is 17.0. The van der Waals surface area contributed by atoms with Gasteiger partial charge < -0.3 is 9.84 Å². The zero-order chi connectivity index (χ0) is 20.4. The summed E-state index contributed by atoms with van der Waals surface area (Å²) in [6, 6.07) is 9.14. The highest BCUT2D eigenvalue weighted by Crippen LogP contribution is 2.45. The molecule has 1 fully saturated rings. The van der Waals surface area contributed by atoms with Gasteiger partial charge in [-0.2, -0.15) is 0 Å². The van der Waals surface area contributed by atoms with E-state index in [-0.39, 0.29) is 12.0 Å². The Morgan fingerprint density at radius 1 is 1.29 bits per heavy atom. The maximum atomic E-state index is 11.6. The van der Waals surface area contributed by atoms with Crippen molar-refractivity contribution in [2.24, 2.45) is 5.41 Å². The van der Waals surface area contributed by atoms with Crippen LogP contribution in [-0.2, 0) is 0 Å². The average Bonchev–Trinajstić information content (AvgIpc) is 2.58. The number of hydrogen-bond donors (Lipinski definition) is 1. The zero-order valence-electron chi connectivity index (χ0n) is 16.2. The summed E-state index contributed by atoms with van der Waals surface area (Å²) in [6.07, 6.45) is 3.13. The lowest BCUT2D eigenvalue weighted by atomic mass is 9.66. The predicted molar refractivity (Wildman–Crippen MR) is 109 cm³/mol. The first-order chi connectivity index (χ1) is 13.2. The summed E-state index contributed by atoms with van der Waals surface area (Å²) < 4.78 is 5.98. The Bertz CT molecular complexity index is 943. The van der Waals surface area contributed by atoms with Crippen molar-refractivity contribution >= 4 is 17.7 Å². The van der Waals surface area contributed by atoms with Crippen molar-refractivity contribution in [1.82, 2.24) is 9.88 Å². The number of carbonyl (C=O) groups is 1. The molecule has 1 N–H and O–H groups in total. The van der Waals surface area contributed by atoms with Gasteiger partial charge in [-0.3, -0.25) is 9.88 Å². The van der Waals surface area contributed by atoms with E-state index >= 15 is 0 Å². The number of likely N-dealkylation sites (tertiary alicyclic amines) is 1. The molecule has 0 saturated carbocycles. The van der Waals surface area contributed by atoms with Gasteiger partial charge in [0.2, 0.25) is 0 Å². The van der Waals surface area contributed by atoms with Gasteiger partial charge in [0, 0.05) is 28.9 Å². The molecule has 2 heterocycles. The summed E-state index contributed by atoms with van der Waals surface area (Å²) in [5.74, 6) is 6.68. The lowest BCUT2D eigenvalue weighted by Crippen LogP contribution is -2.70. The maximum Gasteiger partial charge on any atom is 0.407 e. The molecule has 146 valence electrons. The summed E-state index contributed by atoms with van der Waals surface area (Å²) in [5, 5.41) is 10.1. The molecule has 1 aliphatic heterocycles. The number of amides is 1. The predicted octanol–water partition coefficient (Wildman–Crippen LogP) is 4.68. The molecule has 0 bridgehead atoms. The fourth-order valence-corrected chi connectivity index (χ4v) is 3.59. The Morgan fingerprint density at radius 2 is 2.04 bits per heavy atom. The highest BCUT2D eigenvalue weighted by atomic mass is 35.5. The molecule has 1 unspecified atom stereocenters. The van der Waals surface area contributed by atoms with E-state index < -0.39 is 11.6 Å². The van der Waals surface area contributed by atoms with Crippen molar-refractivity contribution < 1.29 is 14.6 Å². The van der Waals surface area contributed by atoms with Crippen LogP contribution in [0.25, 0.3) is 0 Å².